The number of rotatable bonds is 8. The van der Waals surface area contributed by atoms with Crippen LogP contribution in [-0.4, -0.2) is 19.5 Å². The molecule has 118 valence electrons. The maximum absolute atomic E-state index is 10.0. The van der Waals surface area contributed by atoms with Gasteiger partial charge in [-0.25, -0.2) is 0 Å². The van der Waals surface area contributed by atoms with Crippen LogP contribution in [0.4, 0.5) is 0 Å². The molecule has 0 aliphatic rings. The minimum absolute atomic E-state index is 0.0812. The zero-order chi connectivity index (χ0) is 15.8. The van der Waals surface area contributed by atoms with Crippen molar-refractivity contribution < 1.29 is 9.53 Å². The van der Waals surface area contributed by atoms with Crippen LogP contribution < -0.4 is 0 Å². The second-order valence-electron chi connectivity index (χ2n) is 7.13. The van der Waals surface area contributed by atoms with Crippen LogP contribution in [0.5, 0.6) is 0 Å². The van der Waals surface area contributed by atoms with Crippen LogP contribution in [0.3, 0.4) is 0 Å². The van der Waals surface area contributed by atoms with Crippen molar-refractivity contribution in [2.24, 2.45) is 5.92 Å². The molecular weight excluding hydrogens is 264 g/mol. The molecular formula is C17H34O2Si. The zero-order valence-corrected chi connectivity index (χ0v) is 15.4. The Balaban J connectivity index is 4.29. The Bertz CT molecular complexity index is 313. The molecule has 3 heteroatoms. The quantitative estimate of drug-likeness (QED) is 0.286. The SMILES string of the molecule is CCCC/C=C/[C@@H](O)[C@@H](C)/C=C/O[Si](C)(C)C(C)(C)C. The fraction of sp³-hybridized carbons (Fsp3) is 0.765. The molecule has 0 amide bonds. The zero-order valence-electron chi connectivity index (χ0n) is 14.4. The average molecular weight is 299 g/mol. The van der Waals surface area contributed by atoms with Crippen LogP contribution >= 0.6 is 0 Å². The van der Waals surface area contributed by atoms with Gasteiger partial charge in [0.2, 0.25) is 8.32 Å². The number of aliphatic hydroxyl groups excluding tert-OH is 1. The summed E-state index contributed by atoms with van der Waals surface area (Å²) in [5, 5.41) is 10.2. The monoisotopic (exact) mass is 298 g/mol. The van der Waals surface area contributed by atoms with E-state index in [1.807, 2.05) is 19.1 Å². The Hall–Kier alpha value is -0.543. The molecule has 0 heterocycles. The molecule has 0 aliphatic carbocycles. The molecule has 0 saturated carbocycles. The molecule has 2 nitrogen and oxygen atoms in total. The third kappa shape index (κ3) is 7.30. The summed E-state index contributed by atoms with van der Waals surface area (Å²) in [4.78, 5) is 0. The summed E-state index contributed by atoms with van der Waals surface area (Å²) in [5.41, 5.74) is 0. The lowest BCUT2D eigenvalue weighted by Crippen LogP contribution is -2.39. The maximum Gasteiger partial charge on any atom is 0.249 e. The van der Waals surface area contributed by atoms with Gasteiger partial charge in [-0.05, 0) is 30.6 Å². The number of hydrogen-bond donors (Lipinski definition) is 1. The Morgan fingerprint density at radius 2 is 1.80 bits per heavy atom. The van der Waals surface area contributed by atoms with E-state index in [0.29, 0.717) is 0 Å². The van der Waals surface area contributed by atoms with E-state index in [4.69, 9.17) is 4.43 Å². The van der Waals surface area contributed by atoms with E-state index in [0.717, 1.165) is 6.42 Å². The summed E-state index contributed by atoms with van der Waals surface area (Å²) >= 11 is 0. The van der Waals surface area contributed by atoms with Crippen LogP contribution in [0.15, 0.2) is 24.5 Å². The highest BCUT2D eigenvalue weighted by Crippen LogP contribution is 2.36. The Kier molecular flexibility index (Phi) is 8.44. The van der Waals surface area contributed by atoms with E-state index in [1.54, 1.807) is 6.26 Å². The molecule has 20 heavy (non-hydrogen) atoms. The summed E-state index contributed by atoms with van der Waals surface area (Å²) < 4.78 is 5.98. The molecule has 0 spiro atoms. The lowest BCUT2D eigenvalue weighted by atomic mass is 10.0. The van der Waals surface area contributed by atoms with Crippen LogP contribution in [0.1, 0.15) is 53.9 Å². The highest BCUT2D eigenvalue weighted by atomic mass is 28.4. The van der Waals surface area contributed by atoms with Gasteiger partial charge in [0.25, 0.3) is 0 Å². The molecule has 0 aliphatic heterocycles. The highest BCUT2D eigenvalue weighted by Gasteiger charge is 2.37. The van der Waals surface area contributed by atoms with E-state index in [2.05, 4.69) is 46.9 Å². The molecule has 0 unspecified atom stereocenters. The molecule has 0 rings (SSSR count). The average Bonchev–Trinajstić information content (AvgIpc) is 2.32. The minimum atomic E-state index is -1.73. The first kappa shape index (κ1) is 19.5. The van der Waals surface area contributed by atoms with Crippen molar-refractivity contribution in [2.45, 2.75) is 78.1 Å². The van der Waals surface area contributed by atoms with Gasteiger partial charge in [0.15, 0.2) is 0 Å². The second-order valence-corrected chi connectivity index (χ2v) is 11.9. The summed E-state index contributed by atoms with van der Waals surface area (Å²) in [5.74, 6) is 0.0812. The standard InChI is InChI=1S/C17H34O2Si/c1-8-9-10-11-12-16(18)15(2)13-14-19-20(6,7)17(3,4)5/h11-16,18H,8-10H2,1-7H3/b12-11+,14-13+/t15-,16+/m0/s1. The van der Waals surface area contributed by atoms with Crippen molar-refractivity contribution in [3.8, 4) is 0 Å². The van der Waals surface area contributed by atoms with Gasteiger partial charge >= 0.3 is 0 Å². The molecule has 0 aromatic rings. The Morgan fingerprint density at radius 1 is 1.20 bits per heavy atom. The minimum Gasteiger partial charge on any atom is -0.549 e. The van der Waals surface area contributed by atoms with E-state index in [-0.39, 0.29) is 11.0 Å². The largest absolute Gasteiger partial charge is 0.549 e. The predicted molar refractivity (Wildman–Crippen MR) is 91.3 cm³/mol. The van der Waals surface area contributed by atoms with Crippen molar-refractivity contribution in [3.63, 3.8) is 0 Å². The lowest BCUT2D eigenvalue weighted by Gasteiger charge is -2.35. The van der Waals surface area contributed by atoms with E-state index in [1.165, 1.54) is 12.8 Å². The Morgan fingerprint density at radius 3 is 2.30 bits per heavy atom. The van der Waals surface area contributed by atoms with E-state index in [9.17, 15) is 5.11 Å². The summed E-state index contributed by atoms with van der Waals surface area (Å²) in [6.07, 6.45) is 10.7. The molecule has 0 bridgehead atoms. The van der Waals surface area contributed by atoms with Gasteiger partial charge in [-0.3, -0.25) is 0 Å². The fourth-order valence-corrected chi connectivity index (χ4v) is 2.13. The first-order valence-corrected chi connectivity index (χ1v) is 10.7. The second kappa shape index (κ2) is 8.68. The van der Waals surface area contributed by atoms with Gasteiger partial charge in [0.05, 0.1) is 12.4 Å². The number of unbranched alkanes of at least 4 members (excludes halogenated alkanes) is 2. The van der Waals surface area contributed by atoms with Crippen molar-refractivity contribution in [3.05, 3.63) is 24.5 Å². The molecule has 1 N–H and O–H groups in total. The van der Waals surface area contributed by atoms with Gasteiger partial charge < -0.3 is 9.53 Å². The summed E-state index contributed by atoms with van der Waals surface area (Å²) in [6, 6.07) is 0. The molecule has 0 aromatic heterocycles. The number of hydrogen-bond acceptors (Lipinski definition) is 2. The molecule has 0 aromatic carbocycles. The smallest absolute Gasteiger partial charge is 0.249 e. The van der Waals surface area contributed by atoms with Crippen LogP contribution in [0.25, 0.3) is 0 Å². The molecule has 0 radical (unpaired) electrons. The highest BCUT2D eigenvalue weighted by molar-refractivity contribution is 6.74. The third-order valence-electron chi connectivity index (χ3n) is 4.15. The van der Waals surface area contributed by atoms with Gasteiger partial charge in [-0.2, -0.15) is 0 Å². The van der Waals surface area contributed by atoms with Gasteiger partial charge in [-0.1, -0.05) is 59.6 Å². The molecule has 0 fully saturated rings. The molecule has 0 saturated heterocycles. The van der Waals surface area contributed by atoms with E-state index >= 15 is 0 Å². The Labute approximate surface area is 127 Å². The third-order valence-corrected chi connectivity index (χ3v) is 8.48. The first-order valence-electron chi connectivity index (χ1n) is 7.81. The first-order chi connectivity index (χ1) is 9.12. The lowest BCUT2D eigenvalue weighted by molar-refractivity contribution is 0.183. The van der Waals surface area contributed by atoms with Crippen LogP contribution in [-0.2, 0) is 4.43 Å². The topological polar surface area (TPSA) is 29.5 Å². The van der Waals surface area contributed by atoms with Crippen molar-refractivity contribution in [1.29, 1.82) is 0 Å². The van der Waals surface area contributed by atoms with Gasteiger partial charge in [0.1, 0.15) is 0 Å². The summed E-state index contributed by atoms with van der Waals surface area (Å²) in [6.45, 7) is 15.3. The summed E-state index contributed by atoms with van der Waals surface area (Å²) in [7, 11) is -1.73. The fourth-order valence-electron chi connectivity index (χ4n) is 1.36. The normalized spacial score (nSPS) is 16.8. The number of allylic oxidation sites excluding steroid dienone is 1. The van der Waals surface area contributed by atoms with Crippen molar-refractivity contribution in [2.75, 3.05) is 0 Å². The van der Waals surface area contributed by atoms with Crippen molar-refractivity contribution >= 4 is 8.32 Å². The van der Waals surface area contributed by atoms with Crippen molar-refractivity contribution in [1.82, 2.24) is 0 Å². The van der Waals surface area contributed by atoms with Gasteiger partial charge in [-0.15, -0.1) is 0 Å². The maximum atomic E-state index is 10.0. The van der Waals surface area contributed by atoms with Gasteiger partial charge in [0, 0.05) is 5.92 Å². The van der Waals surface area contributed by atoms with Crippen LogP contribution in [0, 0.1) is 5.92 Å². The predicted octanol–water partition coefficient (Wildman–Crippen LogP) is 5.27. The van der Waals surface area contributed by atoms with Crippen LogP contribution in [0.2, 0.25) is 18.1 Å². The molecule has 2 atom stereocenters. The van der Waals surface area contributed by atoms with E-state index < -0.39 is 14.4 Å². The number of aliphatic hydroxyl groups is 1.